The Labute approximate surface area is 182 Å². The van der Waals surface area contributed by atoms with Crippen molar-refractivity contribution in [3.05, 3.63) is 106 Å². The molecule has 0 nitrogen and oxygen atoms in total. The van der Waals surface area contributed by atoms with Crippen molar-refractivity contribution in [1.82, 2.24) is 0 Å². The Hall–Kier alpha value is -2.34. The number of fused-ring (bicyclic) bond motifs is 1. The van der Waals surface area contributed by atoms with E-state index in [1.807, 2.05) is 0 Å². The highest BCUT2D eigenvalue weighted by atomic mass is 14.3. The summed E-state index contributed by atoms with van der Waals surface area (Å²) in [5.41, 5.74) is 8.79. The number of hydrogen-bond acceptors (Lipinski definition) is 0. The second kappa shape index (κ2) is 9.21. The topological polar surface area (TPSA) is 0 Å². The lowest BCUT2D eigenvalue weighted by atomic mass is 9.78. The van der Waals surface area contributed by atoms with Crippen molar-refractivity contribution < 1.29 is 0 Å². The highest BCUT2D eigenvalue weighted by Gasteiger charge is 2.26. The lowest BCUT2D eigenvalue weighted by molar-refractivity contribution is 0.484. The van der Waals surface area contributed by atoms with Crippen LogP contribution in [0.2, 0.25) is 0 Å². The average Bonchev–Trinajstić information content (AvgIpc) is 3.48. The number of aryl methyl sites for hydroxylation is 1. The summed E-state index contributed by atoms with van der Waals surface area (Å²) in [6.45, 7) is 0. The second-order valence-electron chi connectivity index (χ2n) is 9.47. The van der Waals surface area contributed by atoms with Crippen LogP contribution in [0.3, 0.4) is 0 Å². The Morgan fingerprint density at radius 2 is 1.67 bits per heavy atom. The van der Waals surface area contributed by atoms with Gasteiger partial charge in [-0.25, -0.2) is 0 Å². The summed E-state index contributed by atoms with van der Waals surface area (Å²) in [6, 6.07) is 9.45. The van der Waals surface area contributed by atoms with Gasteiger partial charge in [-0.15, -0.1) is 0 Å². The van der Waals surface area contributed by atoms with E-state index in [4.69, 9.17) is 0 Å². The fourth-order valence-corrected chi connectivity index (χ4v) is 5.65. The molecule has 1 aromatic rings. The molecule has 154 valence electrons. The van der Waals surface area contributed by atoms with Crippen molar-refractivity contribution in [2.75, 3.05) is 0 Å². The molecule has 4 aliphatic rings. The lowest BCUT2D eigenvalue weighted by Crippen LogP contribution is -2.12. The summed E-state index contributed by atoms with van der Waals surface area (Å²) >= 11 is 0. The molecule has 4 aliphatic carbocycles. The Morgan fingerprint density at radius 1 is 0.833 bits per heavy atom. The van der Waals surface area contributed by atoms with Crippen molar-refractivity contribution in [2.24, 2.45) is 11.8 Å². The Morgan fingerprint density at radius 3 is 2.47 bits per heavy atom. The molecule has 1 atom stereocenters. The highest BCUT2D eigenvalue weighted by Crippen LogP contribution is 2.40. The molecule has 0 aliphatic heterocycles. The van der Waals surface area contributed by atoms with Gasteiger partial charge in [-0.2, -0.15) is 0 Å². The van der Waals surface area contributed by atoms with Crippen molar-refractivity contribution in [3.8, 4) is 0 Å². The monoisotopic (exact) mass is 394 g/mol. The van der Waals surface area contributed by atoms with Crippen LogP contribution in [0.5, 0.6) is 0 Å². The van der Waals surface area contributed by atoms with Gasteiger partial charge < -0.3 is 0 Å². The van der Waals surface area contributed by atoms with Gasteiger partial charge in [0.05, 0.1) is 0 Å². The predicted octanol–water partition coefficient (Wildman–Crippen LogP) is 8.00. The Balaban J connectivity index is 1.23. The largest absolute Gasteiger partial charge is 0.0836 e. The number of benzene rings is 1. The maximum absolute atomic E-state index is 2.40. The molecular formula is C30H34. The zero-order chi connectivity index (χ0) is 20.2. The van der Waals surface area contributed by atoms with Crippen molar-refractivity contribution >= 4 is 0 Å². The first-order valence-corrected chi connectivity index (χ1v) is 12.1. The van der Waals surface area contributed by atoms with Crippen molar-refractivity contribution in [2.45, 2.75) is 64.2 Å². The first-order valence-electron chi connectivity index (χ1n) is 12.1. The zero-order valence-electron chi connectivity index (χ0n) is 18.2. The average molecular weight is 395 g/mol. The Kier molecular flexibility index (Phi) is 6.02. The summed E-state index contributed by atoms with van der Waals surface area (Å²) in [5, 5.41) is 0. The smallest absolute Gasteiger partial charge is 0.0281 e. The van der Waals surface area contributed by atoms with Crippen molar-refractivity contribution in [3.63, 3.8) is 0 Å². The number of rotatable bonds is 7. The van der Waals surface area contributed by atoms with Crippen LogP contribution >= 0.6 is 0 Å². The van der Waals surface area contributed by atoms with Crippen LogP contribution in [-0.2, 0) is 12.8 Å². The van der Waals surface area contributed by atoms with Gasteiger partial charge in [-0.05, 0) is 71.4 Å². The van der Waals surface area contributed by atoms with Crippen molar-refractivity contribution in [1.29, 1.82) is 0 Å². The van der Waals surface area contributed by atoms with E-state index in [-0.39, 0.29) is 0 Å². The summed E-state index contributed by atoms with van der Waals surface area (Å²) in [7, 11) is 0. The summed E-state index contributed by atoms with van der Waals surface area (Å²) in [6.07, 6.45) is 32.0. The van der Waals surface area contributed by atoms with Crippen LogP contribution in [0, 0.1) is 11.8 Å². The second-order valence-corrected chi connectivity index (χ2v) is 9.47. The molecule has 0 radical (unpaired) electrons. The molecule has 0 saturated heterocycles. The molecule has 1 unspecified atom stereocenters. The summed E-state index contributed by atoms with van der Waals surface area (Å²) in [5.74, 6) is 1.45. The molecule has 5 rings (SSSR count). The molecule has 30 heavy (non-hydrogen) atoms. The maximum Gasteiger partial charge on any atom is 0.0281 e. The van der Waals surface area contributed by atoms with Gasteiger partial charge in [0, 0.05) is 5.92 Å². The molecule has 0 aromatic heterocycles. The third-order valence-corrected chi connectivity index (χ3v) is 7.38. The summed E-state index contributed by atoms with van der Waals surface area (Å²) < 4.78 is 0. The first-order chi connectivity index (χ1) is 14.9. The van der Waals surface area contributed by atoms with E-state index in [0.717, 1.165) is 12.3 Å². The first kappa shape index (κ1) is 19.6. The zero-order valence-corrected chi connectivity index (χ0v) is 18.2. The standard InChI is InChI=1S/C30H34/c1-2-12-26(13-3-1)29-21-20-27(28-14-7-15-30(28)29)22-25-18-16-24(17-19-25)11-6-10-23-8-4-5-9-23/h2,7,12-21,23,30H,1,3-6,8-11,22H2. The number of allylic oxidation sites excluding steroid dienone is 12. The van der Waals surface area contributed by atoms with Gasteiger partial charge in [-0.1, -0.05) is 105 Å². The van der Waals surface area contributed by atoms with E-state index in [1.165, 1.54) is 91.2 Å². The van der Waals surface area contributed by atoms with E-state index in [0.29, 0.717) is 5.92 Å². The predicted molar refractivity (Wildman–Crippen MR) is 128 cm³/mol. The minimum atomic E-state index is 0.439. The fraction of sp³-hybridized carbons (Fsp3) is 0.400. The summed E-state index contributed by atoms with van der Waals surface area (Å²) in [4.78, 5) is 0. The van der Waals surface area contributed by atoms with Crippen LogP contribution in [-0.4, -0.2) is 0 Å². The minimum Gasteiger partial charge on any atom is -0.0836 e. The van der Waals surface area contributed by atoms with E-state index in [1.54, 1.807) is 0 Å². The van der Waals surface area contributed by atoms with Crippen LogP contribution < -0.4 is 0 Å². The van der Waals surface area contributed by atoms with Crippen LogP contribution in [0.4, 0.5) is 0 Å². The highest BCUT2D eigenvalue weighted by molar-refractivity contribution is 5.60. The number of hydrogen-bond donors (Lipinski definition) is 0. The van der Waals surface area contributed by atoms with Crippen LogP contribution in [0.25, 0.3) is 0 Å². The van der Waals surface area contributed by atoms with Crippen LogP contribution in [0.1, 0.15) is 62.5 Å². The fourth-order valence-electron chi connectivity index (χ4n) is 5.65. The third kappa shape index (κ3) is 4.38. The van der Waals surface area contributed by atoms with Gasteiger partial charge in [0.1, 0.15) is 0 Å². The quantitative estimate of drug-likeness (QED) is 0.439. The maximum atomic E-state index is 2.40. The molecule has 0 amide bonds. The Bertz CT molecular complexity index is 936. The molecule has 0 bridgehead atoms. The van der Waals surface area contributed by atoms with E-state index < -0.39 is 0 Å². The van der Waals surface area contributed by atoms with Gasteiger partial charge in [0.2, 0.25) is 0 Å². The molecule has 1 aromatic carbocycles. The van der Waals surface area contributed by atoms with Crippen LogP contribution in [0.15, 0.2) is 95.2 Å². The third-order valence-electron chi connectivity index (χ3n) is 7.38. The van der Waals surface area contributed by atoms with Gasteiger partial charge >= 0.3 is 0 Å². The molecule has 0 heteroatoms. The molecule has 0 heterocycles. The van der Waals surface area contributed by atoms with E-state index >= 15 is 0 Å². The lowest BCUT2D eigenvalue weighted by Gasteiger charge is -2.26. The van der Waals surface area contributed by atoms with Gasteiger partial charge in [-0.3, -0.25) is 0 Å². The van der Waals surface area contributed by atoms with E-state index in [9.17, 15) is 0 Å². The van der Waals surface area contributed by atoms with E-state index in [2.05, 4.69) is 72.9 Å². The minimum absolute atomic E-state index is 0.439. The molecule has 1 fully saturated rings. The molecule has 0 N–H and O–H groups in total. The molecular weight excluding hydrogens is 360 g/mol. The normalized spacial score (nSPS) is 23.1. The molecule has 0 spiro atoms. The SMILES string of the molecule is C1=CC2C(C3=CCCC=C3)=CC=C(Cc3ccc(CCCC4CCCC4)cc3)C2=C1. The van der Waals surface area contributed by atoms with Gasteiger partial charge in [0.25, 0.3) is 0 Å². The van der Waals surface area contributed by atoms with Gasteiger partial charge in [0.15, 0.2) is 0 Å². The molecule has 1 saturated carbocycles.